The second kappa shape index (κ2) is 5.35. The van der Waals surface area contributed by atoms with Crippen LogP contribution < -0.4 is 0 Å². The molecular formula is C16H11NO2S. The van der Waals surface area contributed by atoms with Crippen LogP contribution in [0.4, 0.5) is 0 Å². The Morgan fingerprint density at radius 1 is 1.00 bits per heavy atom. The smallest absolute Gasteiger partial charge is 0.338 e. The summed E-state index contributed by atoms with van der Waals surface area (Å²) in [5.74, 6) is -0.957. The Morgan fingerprint density at radius 2 is 1.80 bits per heavy atom. The Balaban J connectivity index is 1.99. The Bertz CT molecular complexity index is 786. The lowest BCUT2D eigenvalue weighted by Crippen LogP contribution is -1.99. The van der Waals surface area contributed by atoms with Gasteiger partial charge in [-0.1, -0.05) is 42.1 Å². The van der Waals surface area contributed by atoms with Crippen molar-refractivity contribution in [2.75, 3.05) is 0 Å². The first-order valence-electron chi connectivity index (χ1n) is 6.09. The SMILES string of the molecule is O=C(O)c1cccnc1Sc1ccc2ccccc2c1. The van der Waals surface area contributed by atoms with Crippen molar-refractivity contribution >= 4 is 28.5 Å². The van der Waals surface area contributed by atoms with Crippen LogP contribution in [0, 0.1) is 0 Å². The lowest BCUT2D eigenvalue weighted by molar-refractivity contribution is 0.0692. The molecule has 3 nitrogen and oxygen atoms in total. The van der Waals surface area contributed by atoms with E-state index in [1.165, 1.54) is 11.8 Å². The number of aromatic carboxylic acids is 1. The monoisotopic (exact) mass is 281 g/mol. The normalized spacial score (nSPS) is 10.6. The first-order chi connectivity index (χ1) is 9.74. The van der Waals surface area contributed by atoms with E-state index in [0.717, 1.165) is 15.7 Å². The molecule has 0 spiro atoms. The van der Waals surface area contributed by atoms with E-state index in [1.807, 2.05) is 42.5 Å². The second-order valence-electron chi connectivity index (χ2n) is 4.27. The Hall–Kier alpha value is -2.33. The Kier molecular flexibility index (Phi) is 3.39. The van der Waals surface area contributed by atoms with E-state index in [1.54, 1.807) is 18.3 Å². The molecule has 3 rings (SSSR count). The minimum absolute atomic E-state index is 0.227. The molecule has 98 valence electrons. The van der Waals surface area contributed by atoms with Gasteiger partial charge in [0.25, 0.3) is 0 Å². The van der Waals surface area contributed by atoms with Crippen LogP contribution in [0.5, 0.6) is 0 Å². The first kappa shape index (κ1) is 12.7. The highest BCUT2D eigenvalue weighted by Crippen LogP contribution is 2.30. The van der Waals surface area contributed by atoms with Gasteiger partial charge in [0.15, 0.2) is 0 Å². The number of hydrogen-bond acceptors (Lipinski definition) is 3. The molecule has 0 atom stereocenters. The van der Waals surface area contributed by atoms with Gasteiger partial charge in [0.2, 0.25) is 0 Å². The van der Waals surface area contributed by atoms with Gasteiger partial charge in [-0.25, -0.2) is 9.78 Å². The molecule has 0 saturated carbocycles. The molecule has 2 aromatic carbocycles. The maximum atomic E-state index is 11.2. The lowest BCUT2D eigenvalue weighted by atomic mass is 10.1. The zero-order valence-electron chi connectivity index (χ0n) is 10.5. The predicted octanol–water partition coefficient (Wildman–Crippen LogP) is 4.08. The molecule has 4 heteroatoms. The van der Waals surface area contributed by atoms with E-state index in [9.17, 15) is 4.79 Å². The molecule has 0 radical (unpaired) electrons. The molecule has 1 heterocycles. The summed E-state index contributed by atoms with van der Waals surface area (Å²) in [5, 5.41) is 12.0. The molecule has 0 fully saturated rings. The predicted molar refractivity (Wildman–Crippen MR) is 79.3 cm³/mol. The van der Waals surface area contributed by atoms with E-state index in [4.69, 9.17) is 5.11 Å². The molecule has 0 bridgehead atoms. The Morgan fingerprint density at radius 3 is 2.60 bits per heavy atom. The quantitative estimate of drug-likeness (QED) is 0.785. The average Bonchev–Trinajstić information content (AvgIpc) is 2.47. The molecule has 1 N–H and O–H groups in total. The van der Waals surface area contributed by atoms with Gasteiger partial charge >= 0.3 is 5.97 Å². The van der Waals surface area contributed by atoms with Crippen molar-refractivity contribution in [1.29, 1.82) is 0 Å². The van der Waals surface area contributed by atoms with Gasteiger partial charge in [0.1, 0.15) is 5.03 Å². The second-order valence-corrected chi connectivity index (χ2v) is 5.33. The van der Waals surface area contributed by atoms with Crippen LogP contribution in [0.3, 0.4) is 0 Å². The number of benzene rings is 2. The summed E-state index contributed by atoms with van der Waals surface area (Å²) < 4.78 is 0. The third-order valence-electron chi connectivity index (χ3n) is 2.94. The summed E-state index contributed by atoms with van der Waals surface area (Å²) in [7, 11) is 0. The zero-order valence-corrected chi connectivity index (χ0v) is 11.3. The summed E-state index contributed by atoms with van der Waals surface area (Å²) in [5.41, 5.74) is 0.227. The Labute approximate surface area is 120 Å². The van der Waals surface area contributed by atoms with E-state index in [0.29, 0.717) is 5.03 Å². The molecule has 0 aliphatic heterocycles. The van der Waals surface area contributed by atoms with E-state index in [-0.39, 0.29) is 5.56 Å². The van der Waals surface area contributed by atoms with Gasteiger partial charge < -0.3 is 5.11 Å². The van der Waals surface area contributed by atoms with Crippen LogP contribution in [0.25, 0.3) is 10.8 Å². The van der Waals surface area contributed by atoms with Gasteiger partial charge in [0, 0.05) is 11.1 Å². The number of carbonyl (C=O) groups is 1. The van der Waals surface area contributed by atoms with E-state index < -0.39 is 5.97 Å². The fourth-order valence-electron chi connectivity index (χ4n) is 1.98. The largest absolute Gasteiger partial charge is 0.478 e. The number of rotatable bonds is 3. The fraction of sp³-hybridized carbons (Fsp3) is 0. The van der Waals surface area contributed by atoms with Gasteiger partial charge in [-0.2, -0.15) is 0 Å². The number of pyridine rings is 1. The summed E-state index contributed by atoms with van der Waals surface area (Å²) in [6, 6.07) is 17.3. The van der Waals surface area contributed by atoms with Crippen molar-refractivity contribution in [2.24, 2.45) is 0 Å². The van der Waals surface area contributed by atoms with Crippen LogP contribution in [0.1, 0.15) is 10.4 Å². The number of nitrogens with zero attached hydrogens (tertiary/aromatic N) is 1. The van der Waals surface area contributed by atoms with Gasteiger partial charge in [-0.05, 0) is 35.0 Å². The molecule has 0 aliphatic rings. The maximum Gasteiger partial charge on any atom is 0.338 e. The third kappa shape index (κ3) is 2.51. The summed E-state index contributed by atoms with van der Waals surface area (Å²) >= 11 is 1.37. The molecular weight excluding hydrogens is 270 g/mol. The minimum atomic E-state index is -0.957. The van der Waals surface area contributed by atoms with Gasteiger partial charge in [-0.3, -0.25) is 0 Å². The standard InChI is InChI=1S/C16H11NO2S/c18-16(19)14-6-3-9-17-15(14)20-13-8-7-11-4-1-2-5-12(11)10-13/h1-10H,(H,18,19). The van der Waals surface area contributed by atoms with Crippen molar-refractivity contribution < 1.29 is 9.90 Å². The van der Waals surface area contributed by atoms with Crippen molar-refractivity contribution in [3.05, 3.63) is 66.4 Å². The van der Waals surface area contributed by atoms with Gasteiger partial charge in [0.05, 0.1) is 5.56 Å². The number of carboxylic acid groups (broad SMARTS) is 1. The molecule has 0 saturated heterocycles. The van der Waals surface area contributed by atoms with Crippen molar-refractivity contribution in [2.45, 2.75) is 9.92 Å². The highest BCUT2D eigenvalue weighted by Gasteiger charge is 2.11. The molecule has 0 amide bonds. The van der Waals surface area contributed by atoms with Gasteiger partial charge in [-0.15, -0.1) is 0 Å². The van der Waals surface area contributed by atoms with Crippen molar-refractivity contribution in [1.82, 2.24) is 4.98 Å². The summed E-state index contributed by atoms with van der Waals surface area (Å²) in [6.07, 6.45) is 1.61. The van der Waals surface area contributed by atoms with E-state index >= 15 is 0 Å². The molecule has 3 aromatic rings. The average molecular weight is 281 g/mol. The van der Waals surface area contributed by atoms with Crippen LogP contribution in [0.15, 0.2) is 70.7 Å². The fourth-order valence-corrected chi connectivity index (χ4v) is 2.90. The van der Waals surface area contributed by atoms with Crippen molar-refractivity contribution in [3.8, 4) is 0 Å². The summed E-state index contributed by atoms with van der Waals surface area (Å²) in [6.45, 7) is 0. The number of aromatic nitrogens is 1. The lowest BCUT2D eigenvalue weighted by Gasteiger charge is -2.05. The van der Waals surface area contributed by atoms with Crippen LogP contribution in [0.2, 0.25) is 0 Å². The third-order valence-corrected chi connectivity index (χ3v) is 3.95. The number of fused-ring (bicyclic) bond motifs is 1. The topological polar surface area (TPSA) is 50.2 Å². The van der Waals surface area contributed by atoms with E-state index in [2.05, 4.69) is 4.98 Å². The molecule has 20 heavy (non-hydrogen) atoms. The highest BCUT2D eigenvalue weighted by molar-refractivity contribution is 7.99. The first-order valence-corrected chi connectivity index (χ1v) is 6.91. The van der Waals surface area contributed by atoms with Crippen LogP contribution in [-0.2, 0) is 0 Å². The van der Waals surface area contributed by atoms with Crippen molar-refractivity contribution in [3.63, 3.8) is 0 Å². The number of carboxylic acids is 1. The molecule has 1 aromatic heterocycles. The maximum absolute atomic E-state index is 11.2. The zero-order chi connectivity index (χ0) is 13.9. The molecule has 0 unspecified atom stereocenters. The summed E-state index contributed by atoms with van der Waals surface area (Å²) in [4.78, 5) is 16.3. The minimum Gasteiger partial charge on any atom is -0.478 e. The number of hydrogen-bond donors (Lipinski definition) is 1. The highest BCUT2D eigenvalue weighted by atomic mass is 32.2. The van der Waals surface area contributed by atoms with Crippen LogP contribution in [-0.4, -0.2) is 16.1 Å². The molecule has 0 aliphatic carbocycles. The van der Waals surface area contributed by atoms with Crippen LogP contribution >= 0.6 is 11.8 Å².